The number of carbonyl (C=O) groups excluding carboxylic acids is 2. The van der Waals surface area contributed by atoms with Gasteiger partial charge in [-0.15, -0.1) is 0 Å². The predicted octanol–water partition coefficient (Wildman–Crippen LogP) is 3.66. The lowest BCUT2D eigenvalue weighted by Gasteiger charge is -2.21. The molecular formula is C21H25FN2O4. The summed E-state index contributed by atoms with van der Waals surface area (Å²) in [6.07, 6.45) is 0.750. The minimum Gasteiger partial charge on any atom is -0.508 e. The molecule has 0 aliphatic carbocycles. The van der Waals surface area contributed by atoms with Crippen LogP contribution in [0.1, 0.15) is 37.0 Å². The smallest absolute Gasteiger partial charge is 0.251 e. The summed E-state index contributed by atoms with van der Waals surface area (Å²) in [5.74, 6) is -1.20. The highest BCUT2D eigenvalue weighted by Gasteiger charge is 2.19. The van der Waals surface area contributed by atoms with E-state index in [2.05, 4.69) is 10.6 Å². The first-order chi connectivity index (χ1) is 13.3. The van der Waals surface area contributed by atoms with E-state index in [1.54, 1.807) is 12.1 Å². The van der Waals surface area contributed by atoms with Crippen molar-refractivity contribution in [3.05, 3.63) is 53.8 Å². The van der Waals surface area contributed by atoms with Gasteiger partial charge < -0.3 is 20.8 Å². The van der Waals surface area contributed by atoms with Crippen molar-refractivity contribution in [1.29, 1.82) is 0 Å². The Balaban J connectivity index is 1.88. The molecule has 0 aliphatic heterocycles. The van der Waals surface area contributed by atoms with E-state index in [9.17, 15) is 24.2 Å². The van der Waals surface area contributed by atoms with E-state index in [1.165, 1.54) is 18.2 Å². The fourth-order valence-corrected chi connectivity index (χ4v) is 2.84. The summed E-state index contributed by atoms with van der Waals surface area (Å²) in [4.78, 5) is 24.4. The molecule has 1 atom stereocenters. The third kappa shape index (κ3) is 6.26. The Morgan fingerprint density at radius 3 is 2.54 bits per heavy atom. The van der Waals surface area contributed by atoms with Crippen molar-refractivity contribution in [2.45, 2.75) is 26.7 Å². The average molecular weight is 388 g/mol. The van der Waals surface area contributed by atoms with Crippen molar-refractivity contribution in [2.75, 3.05) is 11.9 Å². The van der Waals surface area contributed by atoms with Gasteiger partial charge in [0.1, 0.15) is 17.3 Å². The van der Waals surface area contributed by atoms with Crippen LogP contribution >= 0.6 is 0 Å². The number of phenolic OH excluding ortho intramolecular Hbond substituents is 2. The Bertz CT molecular complexity index is 839. The monoisotopic (exact) mass is 388 g/mol. The Labute approximate surface area is 163 Å². The van der Waals surface area contributed by atoms with Gasteiger partial charge in [0.25, 0.3) is 5.91 Å². The second kappa shape index (κ2) is 9.73. The first kappa shape index (κ1) is 21.2. The highest BCUT2D eigenvalue weighted by molar-refractivity contribution is 5.94. The van der Waals surface area contributed by atoms with Gasteiger partial charge in [0.15, 0.2) is 0 Å². The first-order valence-electron chi connectivity index (χ1n) is 9.12. The second-order valence-electron chi connectivity index (χ2n) is 7.01. The lowest BCUT2D eigenvalue weighted by Crippen LogP contribution is -2.28. The summed E-state index contributed by atoms with van der Waals surface area (Å²) in [5, 5.41) is 24.5. The van der Waals surface area contributed by atoms with Gasteiger partial charge in [-0.1, -0.05) is 19.9 Å². The zero-order chi connectivity index (χ0) is 20.7. The maximum absolute atomic E-state index is 13.3. The molecular weight excluding hydrogens is 363 g/mol. The van der Waals surface area contributed by atoms with Crippen molar-refractivity contribution in [1.82, 2.24) is 5.32 Å². The Morgan fingerprint density at radius 1 is 1.11 bits per heavy atom. The number of halogens is 1. The van der Waals surface area contributed by atoms with E-state index in [-0.39, 0.29) is 47.3 Å². The van der Waals surface area contributed by atoms with E-state index in [0.29, 0.717) is 18.5 Å². The molecule has 0 bridgehead atoms. The lowest BCUT2D eigenvalue weighted by atomic mass is 9.89. The van der Waals surface area contributed by atoms with Crippen LogP contribution < -0.4 is 10.6 Å². The molecule has 0 spiro atoms. The summed E-state index contributed by atoms with van der Waals surface area (Å²) in [6.45, 7) is 4.33. The van der Waals surface area contributed by atoms with Gasteiger partial charge in [0.2, 0.25) is 5.91 Å². The van der Waals surface area contributed by atoms with Crippen LogP contribution in [0.4, 0.5) is 10.1 Å². The topological polar surface area (TPSA) is 98.7 Å². The summed E-state index contributed by atoms with van der Waals surface area (Å²) in [6, 6.07) is 9.42. The highest BCUT2D eigenvalue weighted by atomic mass is 19.1. The maximum atomic E-state index is 13.3. The van der Waals surface area contributed by atoms with Gasteiger partial charge >= 0.3 is 0 Å². The van der Waals surface area contributed by atoms with Crippen molar-refractivity contribution in [3.63, 3.8) is 0 Å². The highest BCUT2D eigenvalue weighted by Crippen LogP contribution is 2.25. The summed E-state index contributed by atoms with van der Waals surface area (Å²) in [7, 11) is 0. The number of hydrogen-bond acceptors (Lipinski definition) is 4. The zero-order valence-corrected chi connectivity index (χ0v) is 15.9. The quantitative estimate of drug-likeness (QED) is 0.519. The van der Waals surface area contributed by atoms with Gasteiger partial charge in [-0.3, -0.25) is 9.59 Å². The molecule has 0 radical (unpaired) electrons. The number of amides is 2. The van der Waals surface area contributed by atoms with E-state index in [4.69, 9.17) is 0 Å². The van der Waals surface area contributed by atoms with Crippen LogP contribution in [0.3, 0.4) is 0 Å². The van der Waals surface area contributed by atoms with E-state index in [0.717, 1.165) is 12.1 Å². The number of phenols is 2. The zero-order valence-electron chi connectivity index (χ0n) is 15.9. The molecule has 150 valence electrons. The summed E-state index contributed by atoms with van der Waals surface area (Å²) >= 11 is 0. The average Bonchev–Trinajstić information content (AvgIpc) is 2.63. The van der Waals surface area contributed by atoms with Crippen molar-refractivity contribution in [3.8, 4) is 11.5 Å². The Morgan fingerprint density at radius 2 is 1.86 bits per heavy atom. The number of benzene rings is 2. The largest absolute Gasteiger partial charge is 0.508 e. The first-order valence-corrected chi connectivity index (χ1v) is 9.12. The molecule has 7 heteroatoms. The molecule has 0 aliphatic rings. The number of nitrogens with one attached hydrogen (secondary N) is 2. The minimum atomic E-state index is -0.553. The van der Waals surface area contributed by atoms with Crippen molar-refractivity contribution in [2.24, 2.45) is 11.8 Å². The van der Waals surface area contributed by atoms with Crippen LogP contribution in [0, 0.1) is 17.7 Å². The third-order valence-electron chi connectivity index (χ3n) is 4.53. The number of rotatable bonds is 8. The minimum absolute atomic E-state index is 0.0137. The van der Waals surface area contributed by atoms with Crippen LogP contribution in [-0.2, 0) is 4.79 Å². The lowest BCUT2D eigenvalue weighted by molar-refractivity contribution is -0.117. The van der Waals surface area contributed by atoms with Gasteiger partial charge in [-0.25, -0.2) is 4.39 Å². The van der Waals surface area contributed by atoms with Crippen LogP contribution in [0.25, 0.3) is 0 Å². The van der Waals surface area contributed by atoms with Gasteiger partial charge in [0.05, 0.1) is 5.69 Å². The third-order valence-corrected chi connectivity index (χ3v) is 4.53. The molecule has 2 rings (SSSR count). The van der Waals surface area contributed by atoms with Gasteiger partial charge in [-0.2, -0.15) is 0 Å². The Kier molecular flexibility index (Phi) is 7.37. The van der Waals surface area contributed by atoms with E-state index >= 15 is 0 Å². The molecule has 0 unspecified atom stereocenters. The van der Waals surface area contributed by atoms with E-state index in [1.807, 2.05) is 13.8 Å². The predicted molar refractivity (Wildman–Crippen MR) is 105 cm³/mol. The molecule has 2 aromatic rings. The molecule has 4 N–H and O–H groups in total. The SMILES string of the molecule is CC(C)[C@H](CCNC(=O)c1cccc(O)c1)CC(=O)Nc1cc(F)ccc1O. The fraction of sp³-hybridized carbons (Fsp3) is 0.333. The number of anilines is 1. The molecule has 0 aromatic heterocycles. The summed E-state index contributed by atoms with van der Waals surface area (Å²) in [5.41, 5.74) is 0.394. The number of aromatic hydroxyl groups is 2. The molecule has 28 heavy (non-hydrogen) atoms. The van der Waals surface area contributed by atoms with Gasteiger partial charge in [0, 0.05) is 24.6 Å². The molecule has 2 amide bonds. The standard InChI is InChI=1S/C21H25FN2O4/c1-13(2)14(8-9-23-21(28)15-4-3-5-17(25)10-15)11-20(27)24-18-12-16(22)6-7-19(18)26/h3-7,10,12-14,25-26H,8-9,11H2,1-2H3,(H,23,28)(H,24,27)/t14-/m1/s1. The van der Waals surface area contributed by atoms with E-state index < -0.39 is 5.82 Å². The molecule has 0 saturated heterocycles. The molecule has 2 aromatic carbocycles. The maximum Gasteiger partial charge on any atom is 0.251 e. The van der Waals surface area contributed by atoms with Crippen molar-refractivity contribution >= 4 is 17.5 Å². The number of hydrogen-bond donors (Lipinski definition) is 4. The van der Waals surface area contributed by atoms with Crippen LogP contribution in [0.2, 0.25) is 0 Å². The van der Waals surface area contributed by atoms with Gasteiger partial charge in [-0.05, 0) is 48.6 Å². The van der Waals surface area contributed by atoms with Crippen LogP contribution in [0.15, 0.2) is 42.5 Å². The van der Waals surface area contributed by atoms with Crippen LogP contribution in [-0.4, -0.2) is 28.6 Å². The normalized spacial score (nSPS) is 11.9. The number of carbonyl (C=O) groups is 2. The molecule has 0 fully saturated rings. The fourth-order valence-electron chi connectivity index (χ4n) is 2.84. The van der Waals surface area contributed by atoms with Crippen molar-refractivity contribution < 1.29 is 24.2 Å². The molecule has 0 saturated carbocycles. The second-order valence-corrected chi connectivity index (χ2v) is 7.01. The summed E-state index contributed by atoms with van der Waals surface area (Å²) < 4.78 is 13.3. The molecule has 6 nitrogen and oxygen atoms in total. The van der Waals surface area contributed by atoms with Crippen LogP contribution in [0.5, 0.6) is 11.5 Å². The molecule has 0 heterocycles. The Hall–Kier alpha value is -3.09.